The van der Waals surface area contributed by atoms with E-state index in [1.54, 1.807) is 12.1 Å². The van der Waals surface area contributed by atoms with Crippen LogP contribution in [0, 0.1) is 16.0 Å². The minimum absolute atomic E-state index is 0.114. The van der Waals surface area contributed by atoms with Gasteiger partial charge in [-0.15, -0.1) is 0 Å². The highest BCUT2D eigenvalue weighted by Gasteiger charge is 2.21. The molecule has 2 N–H and O–H groups in total. The number of rotatable bonds is 6. The highest BCUT2D eigenvalue weighted by molar-refractivity contribution is 5.76. The lowest BCUT2D eigenvalue weighted by atomic mass is 10.1. The normalized spacial score (nSPS) is 18.3. The van der Waals surface area contributed by atoms with Crippen molar-refractivity contribution in [2.24, 2.45) is 5.92 Å². The molecule has 0 amide bonds. The fourth-order valence-corrected chi connectivity index (χ4v) is 2.21. The van der Waals surface area contributed by atoms with Crippen LogP contribution >= 0.6 is 0 Å². The summed E-state index contributed by atoms with van der Waals surface area (Å²) in [4.78, 5) is 10.9. The number of nitrogens with zero attached hydrogens (tertiary/aromatic N) is 1. The number of benzene rings is 1. The van der Waals surface area contributed by atoms with Crippen LogP contribution < -0.4 is 10.6 Å². The molecule has 19 heavy (non-hydrogen) atoms. The predicted octanol–water partition coefficient (Wildman–Crippen LogP) is 2.48. The minimum atomic E-state index is -0.342. The van der Waals surface area contributed by atoms with Gasteiger partial charge < -0.3 is 15.4 Å². The van der Waals surface area contributed by atoms with Crippen molar-refractivity contribution in [3.05, 3.63) is 28.3 Å². The molecular formula is C13H19N3O3. The first-order chi connectivity index (χ1) is 9.22. The summed E-state index contributed by atoms with van der Waals surface area (Å²) < 4.78 is 5.30. The Morgan fingerprint density at radius 3 is 2.74 bits per heavy atom. The van der Waals surface area contributed by atoms with Crippen molar-refractivity contribution < 1.29 is 9.66 Å². The van der Waals surface area contributed by atoms with Crippen molar-refractivity contribution in [3.63, 3.8) is 0 Å². The smallest absolute Gasteiger partial charge is 0.315 e. The maximum absolute atomic E-state index is 11.2. The Kier molecular flexibility index (Phi) is 4.57. The van der Waals surface area contributed by atoms with Crippen LogP contribution in [0.3, 0.4) is 0 Å². The summed E-state index contributed by atoms with van der Waals surface area (Å²) in [5.41, 5.74) is 1.23. The third-order valence-electron chi connectivity index (χ3n) is 3.19. The molecule has 104 valence electrons. The molecule has 6 heteroatoms. The largest absolute Gasteiger partial charge is 0.381 e. The van der Waals surface area contributed by atoms with Crippen LogP contribution in [0.4, 0.5) is 17.1 Å². The lowest BCUT2D eigenvalue weighted by Gasteiger charge is -2.13. The van der Waals surface area contributed by atoms with Crippen LogP contribution in [0.25, 0.3) is 0 Å². The number of anilines is 2. The number of nitro groups is 1. The molecule has 1 unspecified atom stereocenters. The number of nitro benzene ring substituents is 1. The second-order valence-corrected chi connectivity index (χ2v) is 4.60. The Morgan fingerprint density at radius 2 is 2.16 bits per heavy atom. The highest BCUT2D eigenvalue weighted by atomic mass is 16.6. The van der Waals surface area contributed by atoms with Gasteiger partial charge in [-0.1, -0.05) is 6.07 Å². The molecule has 1 atom stereocenters. The monoisotopic (exact) mass is 265 g/mol. The quantitative estimate of drug-likeness (QED) is 0.610. The van der Waals surface area contributed by atoms with Crippen LogP contribution in [0.2, 0.25) is 0 Å². The average molecular weight is 265 g/mol. The maximum atomic E-state index is 11.2. The molecule has 1 saturated heterocycles. The molecule has 0 bridgehead atoms. The molecule has 0 spiro atoms. The van der Waals surface area contributed by atoms with Crippen LogP contribution in [0.15, 0.2) is 18.2 Å². The van der Waals surface area contributed by atoms with Crippen molar-refractivity contribution in [3.8, 4) is 0 Å². The Bertz CT molecular complexity index is 445. The van der Waals surface area contributed by atoms with E-state index in [2.05, 4.69) is 10.6 Å². The van der Waals surface area contributed by atoms with Gasteiger partial charge in [-0.25, -0.2) is 0 Å². The van der Waals surface area contributed by atoms with Gasteiger partial charge in [0.15, 0.2) is 0 Å². The van der Waals surface area contributed by atoms with E-state index in [0.29, 0.717) is 30.4 Å². The Balaban J connectivity index is 2.13. The van der Waals surface area contributed by atoms with E-state index in [9.17, 15) is 10.1 Å². The van der Waals surface area contributed by atoms with E-state index >= 15 is 0 Å². The van der Waals surface area contributed by atoms with Gasteiger partial charge in [0.25, 0.3) is 0 Å². The number of nitrogens with one attached hydrogen (secondary N) is 2. The van der Waals surface area contributed by atoms with Crippen molar-refractivity contribution in [1.29, 1.82) is 0 Å². The summed E-state index contributed by atoms with van der Waals surface area (Å²) in [6.07, 6.45) is 1.01. The van der Waals surface area contributed by atoms with Crippen molar-refractivity contribution in [1.82, 2.24) is 0 Å². The van der Waals surface area contributed by atoms with Gasteiger partial charge in [0, 0.05) is 25.6 Å². The summed E-state index contributed by atoms with van der Waals surface area (Å²) >= 11 is 0. The van der Waals surface area contributed by atoms with E-state index in [0.717, 1.165) is 19.6 Å². The van der Waals surface area contributed by atoms with Gasteiger partial charge in [-0.05, 0) is 25.5 Å². The summed E-state index contributed by atoms with van der Waals surface area (Å²) in [6.45, 7) is 4.79. The summed E-state index contributed by atoms with van der Waals surface area (Å²) in [7, 11) is 0. The first-order valence-electron chi connectivity index (χ1n) is 6.55. The molecule has 0 saturated carbocycles. The van der Waals surface area contributed by atoms with E-state index in [1.165, 1.54) is 0 Å². The number of hydrogen-bond acceptors (Lipinski definition) is 5. The molecular weight excluding hydrogens is 246 g/mol. The second-order valence-electron chi connectivity index (χ2n) is 4.60. The van der Waals surface area contributed by atoms with Gasteiger partial charge in [0.05, 0.1) is 11.5 Å². The lowest BCUT2D eigenvalue weighted by Crippen LogP contribution is -2.15. The zero-order valence-corrected chi connectivity index (χ0v) is 11.0. The third kappa shape index (κ3) is 3.35. The molecule has 1 heterocycles. The molecule has 0 aromatic heterocycles. The fraction of sp³-hybridized carbons (Fsp3) is 0.538. The minimum Gasteiger partial charge on any atom is -0.381 e. The van der Waals surface area contributed by atoms with Gasteiger partial charge in [-0.3, -0.25) is 10.1 Å². The Hall–Kier alpha value is -1.82. The Labute approximate surface area is 112 Å². The van der Waals surface area contributed by atoms with E-state index < -0.39 is 0 Å². The molecule has 1 aromatic carbocycles. The van der Waals surface area contributed by atoms with Gasteiger partial charge in [0.2, 0.25) is 0 Å². The first kappa shape index (κ1) is 13.6. The third-order valence-corrected chi connectivity index (χ3v) is 3.19. The molecule has 2 rings (SSSR count). The molecule has 1 aliphatic heterocycles. The van der Waals surface area contributed by atoms with Crippen LogP contribution in [-0.4, -0.2) is 31.2 Å². The standard InChI is InChI=1S/C13H19N3O3/c1-2-14-11-4-3-5-12(13(11)16(17)18)15-8-10-6-7-19-9-10/h3-5,10,14-15H,2,6-9H2,1H3. The topological polar surface area (TPSA) is 76.4 Å². The highest BCUT2D eigenvalue weighted by Crippen LogP contribution is 2.33. The van der Waals surface area contributed by atoms with Crippen molar-refractivity contribution in [2.75, 3.05) is 36.9 Å². The predicted molar refractivity (Wildman–Crippen MR) is 74.7 cm³/mol. The van der Waals surface area contributed by atoms with E-state index in [4.69, 9.17) is 4.74 Å². The maximum Gasteiger partial charge on any atom is 0.315 e. The summed E-state index contributed by atoms with van der Waals surface area (Å²) in [5.74, 6) is 0.433. The van der Waals surface area contributed by atoms with E-state index in [1.807, 2.05) is 13.0 Å². The Morgan fingerprint density at radius 1 is 1.42 bits per heavy atom. The first-order valence-corrected chi connectivity index (χ1v) is 6.55. The molecule has 1 aromatic rings. The van der Waals surface area contributed by atoms with Crippen LogP contribution in [0.1, 0.15) is 13.3 Å². The number of ether oxygens (including phenoxy) is 1. The van der Waals surface area contributed by atoms with Crippen LogP contribution in [-0.2, 0) is 4.74 Å². The molecule has 0 radical (unpaired) electrons. The van der Waals surface area contributed by atoms with Gasteiger partial charge >= 0.3 is 5.69 Å². The average Bonchev–Trinajstić information content (AvgIpc) is 2.89. The summed E-state index contributed by atoms with van der Waals surface area (Å²) in [5, 5.41) is 17.4. The van der Waals surface area contributed by atoms with Crippen molar-refractivity contribution >= 4 is 17.1 Å². The number of hydrogen-bond donors (Lipinski definition) is 2. The lowest BCUT2D eigenvalue weighted by molar-refractivity contribution is -0.383. The van der Waals surface area contributed by atoms with Crippen LogP contribution in [0.5, 0.6) is 0 Å². The van der Waals surface area contributed by atoms with Gasteiger partial charge in [-0.2, -0.15) is 0 Å². The molecule has 0 aliphatic carbocycles. The zero-order valence-electron chi connectivity index (χ0n) is 11.0. The van der Waals surface area contributed by atoms with Gasteiger partial charge in [0.1, 0.15) is 11.4 Å². The molecule has 1 aliphatic rings. The fourth-order valence-electron chi connectivity index (χ4n) is 2.21. The molecule has 6 nitrogen and oxygen atoms in total. The second kappa shape index (κ2) is 6.38. The number of para-hydroxylation sites is 1. The SMILES string of the molecule is CCNc1cccc(NCC2CCOC2)c1[N+](=O)[O-]. The zero-order chi connectivity index (χ0) is 13.7. The molecule has 1 fully saturated rings. The summed E-state index contributed by atoms with van der Waals surface area (Å²) in [6, 6.07) is 5.29. The van der Waals surface area contributed by atoms with E-state index in [-0.39, 0.29) is 10.6 Å². The van der Waals surface area contributed by atoms with Crippen molar-refractivity contribution in [2.45, 2.75) is 13.3 Å².